The maximum Gasteiger partial charge on any atom is 0.137 e. The lowest BCUT2D eigenvalue weighted by molar-refractivity contribution is 0.618. The highest BCUT2D eigenvalue weighted by molar-refractivity contribution is 5.83. The molecule has 0 unspecified atom stereocenters. The second-order valence-corrected chi connectivity index (χ2v) is 4.22. The molecule has 3 nitrogen and oxygen atoms in total. The number of anilines is 1. The maximum atomic E-state index is 13.1. The monoisotopic (exact) mass is 242 g/mol. The van der Waals surface area contributed by atoms with Gasteiger partial charge in [0, 0.05) is 17.1 Å². The van der Waals surface area contributed by atoms with Gasteiger partial charge in [0.2, 0.25) is 0 Å². The second kappa shape index (κ2) is 3.84. The number of hydrogen-bond donors (Lipinski definition) is 1. The Morgan fingerprint density at radius 3 is 2.83 bits per heavy atom. The van der Waals surface area contributed by atoms with Crippen LogP contribution in [0.4, 0.5) is 10.2 Å². The molecule has 0 atom stereocenters. The van der Waals surface area contributed by atoms with E-state index in [1.165, 1.54) is 12.1 Å². The normalized spacial score (nSPS) is 11.0. The molecule has 0 amide bonds. The largest absolute Gasteiger partial charge is 0.456 e. The van der Waals surface area contributed by atoms with Crippen molar-refractivity contribution in [1.29, 1.82) is 0 Å². The number of nitrogens with two attached hydrogens (primary N) is 1. The number of fused-ring (bicyclic) bond motifs is 1. The summed E-state index contributed by atoms with van der Waals surface area (Å²) in [7, 11) is 0. The molecule has 2 N–H and O–H groups in total. The number of nitrogen functional groups attached to an aromatic ring is 1. The van der Waals surface area contributed by atoms with Gasteiger partial charge in [0.1, 0.15) is 23.0 Å². The van der Waals surface area contributed by atoms with E-state index in [9.17, 15) is 4.39 Å². The minimum atomic E-state index is -0.276. The van der Waals surface area contributed by atoms with Crippen LogP contribution >= 0.6 is 0 Å². The summed E-state index contributed by atoms with van der Waals surface area (Å²) in [5.74, 6) is 0.862. The highest BCUT2D eigenvalue weighted by Gasteiger charge is 2.10. The number of aryl methyl sites for hydroxylation is 1. The van der Waals surface area contributed by atoms with Gasteiger partial charge in [-0.3, -0.25) is 0 Å². The fourth-order valence-electron chi connectivity index (χ4n) is 1.98. The van der Waals surface area contributed by atoms with Crippen LogP contribution in [0.15, 0.2) is 40.9 Å². The van der Waals surface area contributed by atoms with Crippen molar-refractivity contribution in [1.82, 2.24) is 4.98 Å². The predicted octanol–water partition coefficient (Wildman–Crippen LogP) is 3.52. The van der Waals surface area contributed by atoms with E-state index in [0.717, 1.165) is 16.5 Å². The van der Waals surface area contributed by atoms with Crippen LogP contribution in [0.5, 0.6) is 0 Å². The molecule has 3 aromatic rings. The number of nitrogens with zero attached hydrogens (tertiary/aromatic N) is 1. The Labute approximate surface area is 103 Å². The Balaban J connectivity index is 2.19. The predicted molar refractivity (Wildman–Crippen MR) is 68.6 cm³/mol. The van der Waals surface area contributed by atoms with Crippen LogP contribution in [0.2, 0.25) is 0 Å². The number of furan rings is 1. The zero-order chi connectivity index (χ0) is 12.7. The van der Waals surface area contributed by atoms with Gasteiger partial charge in [-0.05, 0) is 42.8 Å². The summed E-state index contributed by atoms with van der Waals surface area (Å²) in [6, 6.07) is 8.03. The quantitative estimate of drug-likeness (QED) is 0.710. The van der Waals surface area contributed by atoms with Crippen LogP contribution < -0.4 is 5.73 Å². The molecule has 90 valence electrons. The third kappa shape index (κ3) is 1.72. The second-order valence-electron chi connectivity index (χ2n) is 4.22. The number of pyridine rings is 1. The lowest BCUT2D eigenvalue weighted by atomic mass is 10.1. The molecular weight excluding hydrogens is 231 g/mol. The Morgan fingerprint density at radius 2 is 2.06 bits per heavy atom. The van der Waals surface area contributed by atoms with Crippen LogP contribution in [0, 0.1) is 12.7 Å². The van der Waals surface area contributed by atoms with Gasteiger partial charge >= 0.3 is 0 Å². The van der Waals surface area contributed by atoms with Gasteiger partial charge in [0.25, 0.3) is 0 Å². The third-order valence-corrected chi connectivity index (χ3v) is 2.88. The van der Waals surface area contributed by atoms with E-state index in [1.807, 2.05) is 6.92 Å². The summed E-state index contributed by atoms with van der Waals surface area (Å²) in [6.45, 7) is 1.93. The Hall–Kier alpha value is -2.36. The Kier molecular flexibility index (Phi) is 2.30. The maximum absolute atomic E-state index is 13.1. The summed E-state index contributed by atoms with van der Waals surface area (Å²) in [6.07, 6.45) is 1.67. The molecule has 0 bridgehead atoms. The van der Waals surface area contributed by atoms with Crippen molar-refractivity contribution < 1.29 is 8.81 Å². The van der Waals surface area contributed by atoms with E-state index in [-0.39, 0.29) is 5.82 Å². The van der Waals surface area contributed by atoms with Gasteiger partial charge in [-0.2, -0.15) is 0 Å². The molecule has 2 aromatic heterocycles. The van der Waals surface area contributed by atoms with Gasteiger partial charge < -0.3 is 10.2 Å². The zero-order valence-corrected chi connectivity index (χ0v) is 9.77. The number of benzene rings is 1. The van der Waals surface area contributed by atoms with Crippen LogP contribution in [0.3, 0.4) is 0 Å². The molecule has 0 aliphatic rings. The first kappa shape index (κ1) is 10.8. The molecule has 0 saturated carbocycles. The molecule has 0 fully saturated rings. The first-order valence-electron chi connectivity index (χ1n) is 5.55. The molecule has 0 spiro atoms. The fraction of sp³-hybridized carbons (Fsp3) is 0.0714. The standard InChI is InChI=1S/C14H11FN2O/c1-8-4-14(16)17-7-11(8)13-6-9-5-10(15)2-3-12(9)18-13/h2-7H,1H3,(H2,16,17). The highest BCUT2D eigenvalue weighted by atomic mass is 19.1. The number of aromatic nitrogens is 1. The van der Waals surface area contributed by atoms with E-state index in [4.69, 9.17) is 10.2 Å². The lowest BCUT2D eigenvalue weighted by Crippen LogP contribution is -1.91. The number of hydrogen-bond acceptors (Lipinski definition) is 3. The van der Waals surface area contributed by atoms with E-state index >= 15 is 0 Å². The minimum Gasteiger partial charge on any atom is -0.456 e. The molecule has 2 heterocycles. The van der Waals surface area contributed by atoms with Gasteiger partial charge in [-0.1, -0.05) is 0 Å². The van der Waals surface area contributed by atoms with Crippen LogP contribution in [0.25, 0.3) is 22.3 Å². The average molecular weight is 242 g/mol. The van der Waals surface area contributed by atoms with E-state index < -0.39 is 0 Å². The molecule has 4 heteroatoms. The summed E-state index contributed by atoms with van der Waals surface area (Å²) in [5, 5.41) is 0.737. The SMILES string of the molecule is Cc1cc(N)ncc1-c1cc2cc(F)ccc2o1. The first-order valence-corrected chi connectivity index (χ1v) is 5.55. The number of rotatable bonds is 1. The smallest absolute Gasteiger partial charge is 0.137 e. The molecule has 0 aliphatic carbocycles. The topological polar surface area (TPSA) is 52.0 Å². The fourth-order valence-corrected chi connectivity index (χ4v) is 1.98. The molecule has 1 aromatic carbocycles. The summed E-state index contributed by atoms with van der Waals surface area (Å²) >= 11 is 0. The highest BCUT2D eigenvalue weighted by Crippen LogP contribution is 2.30. The Morgan fingerprint density at radius 1 is 1.22 bits per heavy atom. The van der Waals surface area contributed by atoms with Crippen molar-refractivity contribution in [3.63, 3.8) is 0 Å². The van der Waals surface area contributed by atoms with Crippen molar-refractivity contribution in [3.8, 4) is 11.3 Å². The summed E-state index contributed by atoms with van der Waals surface area (Å²) < 4.78 is 18.8. The average Bonchev–Trinajstić information content (AvgIpc) is 2.71. The number of halogens is 1. The zero-order valence-electron chi connectivity index (χ0n) is 9.77. The van der Waals surface area contributed by atoms with Crippen molar-refractivity contribution >= 4 is 16.8 Å². The van der Waals surface area contributed by atoms with Crippen LogP contribution in [-0.4, -0.2) is 4.98 Å². The molecule has 3 rings (SSSR count). The van der Waals surface area contributed by atoms with E-state index in [1.54, 1.807) is 24.4 Å². The van der Waals surface area contributed by atoms with Crippen molar-refractivity contribution in [2.75, 3.05) is 5.73 Å². The summed E-state index contributed by atoms with van der Waals surface area (Å²) in [4.78, 5) is 4.05. The van der Waals surface area contributed by atoms with E-state index in [0.29, 0.717) is 17.2 Å². The van der Waals surface area contributed by atoms with Crippen LogP contribution in [-0.2, 0) is 0 Å². The van der Waals surface area contributed by atoms with E-state index in [2.05, 4.69) is 4.98 Å². The van der Waals surface area contributed by atoms with Gasteiger partial charge in [0.05, 0.1) is 0 Å². The van der Waals surface area contributed by atoms with Crippen molar-refractivity contribution in [2.45, 2.75) is 6.92 Å². The Bertz CT molecular complexity index is 734. The molecule has 0 radical (unpaired) electrons. The first-order chi connectivity index (χ1) is 8.63. The van der Waals surface area contributed by atoms with Gasteiger partial charge in [-0.25, -0.2) is 9.37 Å². The molecule has 0 saturated heterocycles. The molecular formula is C14H11FN2O. The van der Waals surface area contributed by atoms with Crippen molar-refractivity contribution in [2.24, 2.45) is 0 Å². The van der Waals surface area contributed by atoms with Gasteiger partial charge in [0.15, 0.2) is 0 Å². The minimum absolute atomic E-state index is 0.276. The van der Waals surface area contributed by atoms with Crippen molar-refractivity contribution in [3.05, 3.63) is 47.9 Å². The third-order valence-electron chi connectivity index (χ3n) is 2.88. The molecule has 18 heavy (non-hydrogen) atoms. The lowest BCUT2D eigenvalue weighted by Gasteiger charge is -2.02. The molecule has 0 aliphatic heterocycles. The van der Waals surface area contributed by atoms with Crippen LogP contribution in [0.1, 0.15) is 5.56 Å². The summed E-state index contributed by atoms with van der Waals surface area (Å²) in [5.41, 5.74) is 8.10. The van der Waals surface area contributed by atoms with Gasteiger partial charge in [-0.15, -0.1) is 0 Å².